The molecule has 0 bridgehead atoms. The van der Waals surface area contributed by atoms with Crippen LogP contribution >= 0.6 is 0 Å². The van der Waals surface area contributed by atoms with Crippen LogP contribution in [0.4, 0.5) is 5.69 Å². The van der Waals surface area contributed by atoms with E-state index in [9.17, 15) is 4.79 Å². The minimum atomic E-state index is -0.00382. The Kier molecular flexibility index (Phi) is 5.25. The zero-order valence-corrected chi connectivity index (χ0v) is 15.6. The summed E-state index contributed by atoms with van der Waals surface area (Å²) in [5.41, 5.74) is 2.79. The Balaban J connectivity index is 1.35. The number of aryl methyl sites for hydroxylation is 1. The van der Waals surface area contributed by atoms with Crippen molar-refractivity contribution in [2.24, 2.45) is 0 Å². The minimum Gasteiger partial charge on any atom is -0.472 e. The highest BCUT2D eigenvalue weighted by Gasteiger charge is 2.28. The van der Waals surface area contributed by atoms with E-state index in [1.165, 1.54) is 0 Å². The highest BCUT2D eigenvalue weighted by molar-refractivity contribution is 5.94. The second kappa shape index (κ2) is 7.96. The van der Waals surface area contributed by atoms with Crippen molar-refractivity contribution in [1.29, 1.82) is 0 Å². The number of rotatable bonds is 4. The number of hydrogen-bond acceptors (Lipinski definition) is 5. The molecule has 0 aliphatic carbocycles. The summed E-state index contributed by atoms with van der Waals surface area (Å²) in [5, 5.41) is 0. The van der Waals surface area contributed by atoms with Gasteiger partial charge in [0.25, 0.3) is 5.91 Å². The summed E-state index contributed by atoms with van der Waals surface area (Å²) < 4.78 is 11.3. The van der Waals surface area contributed by atoms with E-state index in [0.29, 0.717) is 19.0 Å². The lowest BCUT2D eigenvalue weighted by atomic mass is 10.1. The topological polar surface area (TPSA) is 54.9 Å². The quantitative estimate of drug-likeness (QED) is 0.831. The summed E-state index contributed by atoms with van der Waals surface area (Å²) in [7, 11) is 0. The number of morpholine rings is 1. The molecule has 6 nitrogen and oxygen atoms in total. The van der Waals surface area contributed by atoms with Gasteiger partial charge in [0.2, 0.25) is 5.88 Å². The van der Waals surface area contributed by atoms with E-state index in [-0.39, 0.29) is 12.0 Å². The van der Waals surface area contributed by atoms with E-state index in [1.807, 2.05) is 54.3 Å². The second-order valence-electron chi connectivity index (χ2n) is 7.04. The number of likely N-dealkylation sites (tertiary alicyclic amines) is 1. The molecule has 2 aromatic rings. The van der Waals surface area contributed by atoms with Crippen LogP contribution in [0.3, 0.4) is 0 Å². The van der Waals surface area contributed by atoms with E-state index >= 15 is 0 Å². The number of benzene rings is 1. The molecule has 2 aliphatic heterocycles. The first-order valence-electron chi connectivity index (χ1n) is 9.51. The average Bonchev–Trinajstić information content (AvgIpc) is 3.17. The van der Waals surface area contributed by atoms with Gasteiger partial charge in [-0.05, 0) is 37.3 Å². The van der Waals surface area contributed by atoms with Crippen molar-refractivity contribution in [2.75, 3.05) is 44.3 Å². The maximum absolute atomic E-state index is 12.8. The highest BCUT2D eigenvalue weighted by atomic mass is 16.5. The van der Waals surface area contributed by atoms with Gasteiger partial charge in [-0.1, -0.05) is 6.07 Å². The summed E-state index contributed by atoms with van der Waals surface area (Å²) in [5.74, 6) is 0.691. The second-order valence-corrected chi connectivity index (χ2v) is 7.04. The molecule has 1 unspecified atom stereocenters. The van der Waals surface area contributed by atoms with Crippen LogP contribution in [0.2, 0.25) is 0 Å². The summed E-state index contributed by atoms with van der Waals surface area (Å²) in [6.45, 7) is 6.55. The third-order valence-electron chi connectivity index (χ3n) is 5.07. The molecule has 1 atom stereocenters. The molecule has 3 heterocycles. The molecule has 4 rings (SSSR count). The summed E-state index contributed by atoms with van der Waals surface area (Å²) in [4.78, 5) is 21.3. The zero-order chi connectivity index (χ0) is 18.6. The van der Waals surface area contributed by atoms with Gasteiger partial charge in [0.15, 0.2) is 0 Å². The maximum Gasteiger partial charge on any atom is 0.253 e. The number of amides is 1. The summed E-state index contributed by atoms with van der Waals surface area (Å²) in [6, 6.07) is 13.6. The van der Waals surface area contributed by atoms with Crippen LogP contribution in [0.25, 0.3) is 0 Å². The molecule has 2 aliphatic rings. The van der Waals surface area contributed by atoms with Gasteiger partial charge in [-0.2, -0.15) is 0 Å². The minimum absolute atomic E-state index is 0.00382. The van der Waals surface area contributed by atoms with Crippen LogP contribution in [-0.2, 0) is 4.74 Å². The first-order chi connectivity index (χ1) is 13.2. The molecule has 2 saturated heterocycles. The molecule has 27 heavy (non-hydrogen) atoms. The summed E-state index contributed by atoms with van der Waals surface area (Å²) >= 11 is 0. The first-order valence-corrected chi connectivity index (χ1v) is 9.51. The molecule has 142 valence electrons. The lowest BCUT2D eigenvalue weighted by Gasteiger charge is -2.29. The van der Waals surface area contributed by atoms with Crippen LogP contribution < -0.4 is 9.64 Å². The average molecular weight is 367 g/mol. The molecule has 1 amide bonds. The monoisotopic (exact) mass is 367 g/mol. The van der Waals surface area contributed by atoms with Gasteiger partial charge in [0.05, 0.1) is 19.8 Å². The van der Waals surface area contributed by atoms with Crippen molar-refractivity contribution >= 4 is 11.6 Å². The van der Waals surface area contributed by atoms with E-state index in [1.54, 1.807) is 0 Å². The van der Waals surface area contributed by atoms with E-state index in [0.717, 1.165) is 49.7 Å². The van der Waals surface area contributed by atoms with E-state index in [2.05, 4.69) is 9.88 Å². The number of hydrogen-bond donors (Lipinski definition) is 0. The Morgan fingerprint density at radius 3 is 2.63 bits per heavy atom. The van der Waals surface area contributed by atoms with Crippen molar-refractivity contribution < 1.29 is 14.3 Å². The van der Waals surface area contributed by atoms with Crippen LogP contribution in [0, 0.1) is 6.92 Å². The Hall–Kier alpha value is -2.60. The third-order valence-corrected chi connectivity index (χ3v) is 5.07. The van der Waals surface area contributed by atoms with Crippen LogP contribution in [-0.4, -0.2) is 61.3 Å². The number of carbonyl (C=O) groups excluding carboxylic acids is 1. The van der Waals surface area contributed by atoms with Crippen LogP contribution in [0.5, 0.6) is 5.88 Å². The van der Waals surface area contributed by atoms with Gasteiger partial charge in [0, 0.05) is 49.1 Å². The zero-order valence-electron chi connectivity index (χ0n) is 15.6. The van der Waals surface area contributed by atoms with Gasteiger partial charge in [-0.25, -0.2) is 4.98 Å². The Bertz CT molecular complexity index is 788. The molecule has 0 spiro atoms. The number of nitrogens with zero attached hydrogens (tertiary/aromatic N) is 3. The predicted octanol–water partition coefficient (Wildman–Crippen LogP) is 2.52. The van der Waals surface area contributed by atoms with Gasteiger partial charge < -0.3 is 19.3 Å². The molecule has 2 fully saturated rings. The number of aromatic nitrogens is 1. The van der Waals surface area contributed by atoms with Gasteiger partial charge in [-0.3, -0.25) is 4.79 Å². The predicted molar refractivity (Wildman–Crippen MR) is 103 cm³/mol. The lowest BCUT2D eigenvalue weighted by Crippen LogP contribution is -2.36. The number of pyridine rings is 1. The normalized spacial score (nSPS) is 20.0. The number of carbonyl (C=O) groups is 1. The molecule has 0 radical (unpaired) electrons. The van der Waals surface area contributed by atoms with Crippen molar-refractivity contribution in [3.63, 3.8) is 0 Å². The Morgan fingerprint density at radius 2 is 1.89 bits per heavy atom. The molecule has 0 saturated carbocycles. The largest absolute Gasteiger partial charge is 0.472 e. The van der Waals surface area contributed by atoms with E-state index < -0.39 is 0 Å². The smallest absolute Gasteiger partial charge is 0.253 e. The molecular formula is C21H25N3O3. The molecule has 0 N–H and O–H groups in total. The van der Waals surface area contributed by atoms with Crippen LogP contribution in [0.15, 0.2) is 42.5 Å². The summed E-state index contributed by atoms with van der Waals surface area (Å²) in [6.07, 6.45) is 0.823. The van der Waals surface area contributed by atoms with Crippen molar-refractivity contribution in [2.45, 2.75) is 19.4 Å². The van der Waals surface area contributed by atoms with Crippen LogP contribution in [0.1, 0.15) is 22.5 Å². The molecular weight excluding hydrogens is 342 g/mol. The lowest BCUT2D eigenvalue weighted by molar-refractivity contribution is 0.0771. The Morgan fingerprint density at radius 1 is 1.11 bits per heavy atom. The fourth-order valence-electron chi connectivity index (χ4n) is 3.58. The molecule has 1 aromatic heterocycles. The van der Waals surface area contributed by atoms with Gasteiger partial charge >= 0.3 is 0 Å². The third kappa shape index (κ3) is 4.22. The van der Waals surface area contributed by atoms with Crippen molar-refractivity contribution in [3.8, 4) is 5.88 Å². The van der Waals surface area contributed by atoms with Crippen molar-refractivity contribution in [1.82, 2.24) is 9.88 Å². The van der Waals surface area contributed by atoms with E-state index in [4.69, 9.17) is 9.47 Å². The first kappa shape index (κ1) is 17.8. The maximum atomic E-state index is 12.8. The fraction of sp³-hybridized carbons (Fsp3) is 0.429. The fourth-order valence-corrected chi connectivity index (χ4v) is 3.58. The standard InChI is InChI=1S/C21H25N3O3/c1-16-3-2-4-20(22-16)27-19-9-10-24(15-19)21(25)17-5-7-18(8-6-17)23-11-13-26-14-12-23/h2-8,19H,9-15H2,1H3. The van der Waals surface area contributed by atoms with Gasteiger partial charge in [-0.15, -0.1) is 0 Å². The number of ether oxygens (including phenoxy) is 2. The molecule has 6 heteroatoms. The van der Waals surface area contributed by atoms with Crippen molar-refractivity contribution in [3.05, 3.63) is 53.7 Å². The number of anilines is 1. The Labute approximate surface area is 159 Å². The SMILES string of the molecule is Cc1cccc(OC2CCN(C(=O)c3ccc(N4CCOCC4)cc3)C2)n1. The molecule has 1 aromatic carbocycles. The van der Waals surface area contributed by atoms with Gasteiger partial charge in [0.1, 0.15) is 6.10 Å². The highest BCUT2D eigenvalue weighted by Crippen LogP contribution is 2.21.